The van der Waals surface area contributed by atoms with Crippen molar-refractivity contribution in [3.05, 3.63) is 35.2 Å². The van der Waals surface area contributed by atoms with Crippen molar-refractivity contribution in [1.29, 1.82) is 0 Å². The number of nitrogens with one attached hydrogen (secondary N) is 1. The molecular weight excluding hydrogens is 836 g/mol. The number of hydrogen-bond acceptors (Lipinski definition) is 12. The Labute approximate surface area is 382 Å². The third kappa shape index (κ3) is 9.55. The second-order valence-electron chi connectivity index (χ2n) is 19.6. The molecule has 15 nitrogen and oxygen atoms in total. The number of rotatable bonds is 18. The number of halogens is 1. The van der Waals surface area contributed by atoms with Crippen molar-refractivity contribution in [1.82, 2.24) is 28.8 Å². The molecule has 0 aromatic heterocycles. The minimum Gasteiger partial charge on any atom is -0.376 e. The smallest absolute Gasteiger partial charge is 0.249 e. The average Bonchev–Trinajstić information content (AvgIpc) is 3.92. The van der Waals surface area contributed by atoms with Gasteiger partial charge in [0.2, 0.25) is 30.0 Å². The number of anilines is 2. The lowest BCUT2D eigenvalue weighted by Crippen LogP contribution is -2.59. The standard InChI is InChI=1S/C47H67FN10O5S/c1-33-10-8-13-37(33)58-43(49-2)36(47(20-21-47)45(58)63)28-50-31-57(48)35-18-24-54(25-19-35)64-55-29-46(30-55)22-26-53(27-23-46)41(61)15-7-5-6-11-34-12-9-14-38(42(34)52(3)4)56(32-59)39-16-17-40(60)51-44(39)62/h9,12,14,28,32-33,35,37,39H,2,5-8,10-11,13,15-27,29-31H2,1,3-4H3,(H,51,60,62)/b50-28-. The molecule has 1 N–H and O–H groups in total. The van der Waals surface area contributed by atoms with Gasteiger partial charge in [0.25, 0.3) is 0 Å². The van der Waals surface area contributed by atoms with E-state index in [0.29, 0.717) is 30.3 Å². The molecule has 2 saturated carbocycles. The van der Waals surface area contributed by atoms with Crippen LogP contribution in [-0.4, -0.2) is 145 Å². The SMILES string of the molecule is C=NC1=C(/C=N\CN(F)C2CCN(SN3CC4(CCN(C(=O)CCCCCc5cccc(N(C=O)C6CCC(=O)NC6=O)c5N(C)C)CC4)C3)CC2)C2(CC2)C(=O)N1C1CCCC1C. The molecule has 5 heterocycles. The minimum absolute atomic E-state index is 0.0584. The van der Waals surface area contributed by atoms with Crippen LogP contribution >= 0.6 is 12.1 Å². The van der Waals surface area contributed by atoms with Gasteiger partial charge < -0.3 is 14.7 Å². The highest BCUT2D eigenvalue weighted by Crippen LogP contribution is 2.59. The Hall–Kier alpha value is -4.19. The van der Waals surface area contributed by atoms with Crippen LogP contribution < -0.4 is 15.1 Å². The zero-order valence-corrected chi connectivity index (χ0v) is 38.8. The second-order valence-corrected chi connectivity index (χ2v) is 20.8. The van der Waals surface area contributed by atoms with Gasteiger partial charge in [0, 0.05) is 108 Å². The Kier molecular flexibility index (Phi) is 14.3. The highest BCUT2D eigenvalue weighted by atomic mass is 32.2. The van der Waals surface area contributed by atoms with E-state index >= 15 is 4.48 Å². The normalized spacial score (nSPS) is 26.1. The van der Waals surface area contributed by atoms with E-state index in [9.17, 15) is 24.0 Å². The topological polar surface area (TPSA) is 145 Å². The summed E-state index contributed by atoms with van der Waals surface area (Å²) in [5.74, 6) is 0.641. The Morgan fingerprint density at radius 3 is 2.38 bits per heavy atom. The van der Waals surface area contributed by atoms with Crippen LogP contribution in [0.3, 0.4) is 0 Å². The van der Waals surface area contributed by atoms with Crippen LogP contribution in [0.2, 0.25) is 0 Å². The van der Waals surface area contributed by atoms with Crippen molar-refractivity contribution in [2.75, 3.05) is 69.8 Å². The van der Waals surface area contributed by atoms with Crippen LogP contribution in [0, 0.1) is 16.7 Å². The Morgan fingerprint density at radius 1 is 0.984 bits per heavy atom. The molecule has 6 fully saturated rings. The van der Waals surface area contributed by atoms with Gasteiger partial charge in [-0.25, -0.2) is 13.6 Å². The van der Waals surface area contributed by atoms with Crippen LogP contribution in [0.1, 0.15) is 109 Å². The van der Waals surface area contributed by atoms with Crippen LogP contribution in [0.4, 0.5) is 15.9 Å². The van der Waals surface area contributed by atoms with Crippen LogP contribution in [0.25, 0.3) is 0 Å². The summed E-state index contributed by atoms with van der Waals surface area (Å²) >= 11 is 1.79. The fourth-order valence-corrected chi connectivity index (χ4v) is 12.6. The molecule has 1 aromatic rings. The van der Waals surface area contributed by atoms with Crippen molar-refractivity contribution in [2.45, 2.75) is 128 Å². The quantitative estimate of drug-likeness (QED) is 0.0500. The largest absolute Gasteiger partial charge is 0.376 e. The number of imide groups is 1. The molecule has 17 heteroatoms. The van der Waals surface area contributed by atoms with Gasteiger partial charge >= 0.3 is 0 Å². The van der Waals surface area contributed by atoms with Gasteiger partial charge in [-0.15, -0.1) is 9.60 Å². The molecule has 3 atom stereocenters. The Bertz CT molecular complexity index is 2000. The Morgan fingerprint density at radius 2 is 1.73 bits per heavy atom. The van der Waals surface area contributed by atoms with E-state index in [1.807, 2.05) is 47.0 Å². The molecule has 5 amide bonds. The third-order valence-electron chi connectivity index (χ3n) is 15.2. The number of amides is 5. The number of aliphatic imine (C=N–C) groups is 2. The number of piperidine rings is 3. The van der Waals surface area contributed by atoms with Crippen molar-refractivity contribution < 1.29 is 28.5 Å². The molecule has 0 radical (unpaired) electrons. The van der Waals surface area contributed by atoms with Crippen LogP contribution in [0.15, 0.2) is 39.6 Å². The van der Waals surface area contributed by atoms with Crippen LogP contribution in [-0.2, 0) is 30.4 Å². The van der Waals surface area contributed by atoms with E-state index in [-0.39, 0.29) is 54.7 Å². The van der Waals surface area contributed by atoms with Gasteiger partial charge in [-0.2, -0.15) is 0 Å². The number of carbonyl (C=O) groups is 5. The maximum atomic E-state index is 15.4. The van der Waals surface area contributed by atoms with Crippen molar-refractivity contribution in [3.8, 4) is 0 Å². The number of unbranched alkanes of at least 4 members (excludes halogenated alkanes) is 2. The number of hydrogen-bond donors (Lipinski definition) is 1. The maximum absolute atomic E-state index is 15.4. The first kappa shape index (κ1) is 46.3. The van der Waals surface area contributed by atoms with E-state index in [2.05, 4.69) is 37.6 Å². The van der Waals surface area contributed by atoms with Crippen molar-refractivity contribution >= 4 is 66.5 Å². The van der Waals surface area contributed by atoms with Crippen LogP contribution in [0.5, 0.6) is 0 Å². The number of likely N-dealkylation sites (tertiary alicyclic amines) is 1. The summed E-state index contributed by atoms with van der Waals surface area (Å²) in [5, 5.41) is 3.22. The van der Waals surface area contributed by atoms with Gasteiger partial charge in [0.05, 0.1) is 16.8 Å². The van der Waals surface area contributed by atoms with Crippen molar-refractivity contribution in [2.24, 2.45) is 26.7 Å². The van der Waals surface area contributed by atoms with E-state index in [4.69, 9.17) is 0 Å². The maximum Gasteiger partial charge on any atom is 0.249 e. The first-order valence-corrected chi connectivity index (χ1v) is 24.4. The highest BCUT2D eigenvalue weighted by molar-refractivity contribution is 7.94. The lowest BCUT2D eigenvalue weighted by molar-refractivity contribution is -0.136. The van der Waals surface area contributed by atoms with E-state index in [0.717, 1.165) is 145 Å². The monoisotopic (exact) mass is 903 g/mol. The molecule has 3 unspecified atom stereocenters. The number of carbonyl (C=O) groups excluding carboxylic acids is 5. The molecule has 8 rings (SSSR count). The van der Waals surface area contributed by atoms with Gasteiger partial charge in [-0.1, -0.05) is 31.9 Å². The summed E-state index contributed by atoms with van der Waals surface area (Å²) < 4.78 is 20.2. The zero-order chi connectivity index (χ0) is 45.2. The number of benzene rings is 1. The van der Waals surface area contributed by atoms with Gasteiger partial charge in [0.15, 0.2) is 0 Å². The summed E-state index contributed by atoms with van der Waals surface area (Å²) in [4.78, 5) is 79.6. The molecule has 2 aliphatic carbocycles. The third-order valence-corrected chi connectivity index (χ3v) is 16.3. The Balaban J connectivity index is 0.716. The second kappa shape index (κ2) is 19.7. The molecule has 64 heavy (non-hydrogen) atoms. The summed E-state index contributed by atoms with van der Waals surface area (Å²) in [7, 11) is 3.85. The highest BCUT2D eigenvalue weighted by Gasteiger charge is 2.62. The predicted molar refractivity (Wildman–Crippen MR) is 248 cm³/mol. The first-order valence-electron chi connectivity index (χ1n) is 23.7. The first-order chi connectivity index (χ1) is 30.9. The summed E-state index contributed by atoms with van der Waals surface area (Å²) in [6.45, 7) is 11.2. The summed E-state index contributed by atoms with van der Waals surface area (Å²) in [5.41, 5.74) is 3.13. The lowest BCUT2D eigenvalue weighted by Gasteiger charge is -2.54. The number of aryl methyl sites for hydroxylation is 1. The fraction of sp³-hybridized carbons (Fsp3) is 0.681. The number of para-hydroxylation sites is 1. The lowest BCUT2D eigenvalue weighted by atomic mass is 9.73. The number of nitrogens with zero attached hydrogens (tertiary/aromatic N) is 9. The van der Waals surface area contributed by atoms with Gasteiger partial charge in [-0.3, -0.25) is 39.2 Å². The molecule has 4 saturated heterocycles. The van der Waals surface area contributed by atoms with E-state index < -0.39 is 17.4 Å². The zero-order valence-electron chi connectivity index (χ0n) is 38.0. The minimum atomic E-state index is -0.737. The predicted octanol–water partition coefficient (Wildman–Crippen LogP) is 5.51. The van der Waals surface area contributed by atoms with Gasteiger partial charge in [-0.05, 0) is 101 Å². The average molecular weight is 903 g/mol. The molecule has 2 spiro atoms. The van der Waals surface area contributed by atoms with Crippen molar-refractivity contribution in [3.63, 3.8) is 0 Å². The summed E-state index contributed by atoms with van der Waals surface area (Å²) in [6.07, 6.45) is 15.1. The fourth-order valence-electron chi connectivity index (χ4n) is 11.2. The van der Waals surface area contributed by atoms with E-state index in [1.165, 1.54) is 4.90 Å². The summed E-state index contributed by atoms with van der Waals surface area (Å²) in [6, 6.07) is 5.01. The molecular formula is C47H67FN10O5S. The molecule has 1 aromatic carbocycles. The molecule has 348 valence electrons. The van der Waals surface area contributed by atoms with Gasteiger partial charge in [0.1, 0.15) is 18.5 Å². The van der Waals surface area contributed by atoms with E-state index in [1.54, 1.807) is 18.3 Å². The molecule has 0 bridgehead atoms. The molecule has 7 aliphatic rings. The molecule has 5 aliphatic heterocycles.